The van der Waals surface area contributed by atoms with Crippen molar-refractivity contribution in [1.82, 2.24) is 5.32 Å². The van der Waals surface area contributed by atoms with E-state index in [-0.39, 0.29) is 25.4 Å². The van der Waals surface area contributed by atoms with E-state index in [9.17, 15) is 19.0 Å². The Morgan fingerprint density at radius 2 is 0.925 bits per heavy atom. The van der Waals surface area contributed by atoms with Crippen molar-refractivity contribution in [3.8, 4) is 0 Å². The number of unbranched alkanes of at least 4 members (excludes halogenated alkanes) is 19. The van der Waals surface area contributed by atoms with Gasteiger partial charge in [-0.05, 0) is 89.5 Å². The van der Waals surface area contributed by atoms with Crippen LogP contribution >= 0.6 is 7.82 Å². The van der Waals surface area contributed by atoms with Gasteiger partial charge in [0.1, 0.15) is 19.3 Å². The number of carbonyl (C=O) groups excluding carboxylic acids is 2. The number of hydrogen-bond donors (Lipinski definition) is 1. The molecule has 0 saturated heterocycles. The van der Waals surface area contributed by atoms with E-state index < -0.39 is 32.5 Å². The minimum absolute atomic E-state index is 0.0434. The molecule has 0 aromatic carbocycles. The van der Waals surface area contributed by atoms with E-state index in [2.05, 4.69) is 92.9 Å². The van der Waals surface area contributed by atoms with Gasteiger partial charge in [-0.15, -0.1) is 0 Å². The summed E-state index contributed by atoms with van der Waals surface area (Å²) in [4.78, 5) is 39.6. The molecule has 0 aliphatic heterocycles. The van der Waals surface area contributed by atoms with Gasteiger partial charge >= 0.3 is 5.97 Å². The summed E-state index contributed by atoms with van der Waals surface area (Å²) in [7, 11) is 1.11. The van der Waals surface area contributed by atoms with Crippen LogP contribution in [0.15, 0.2) is 85.1 Å². The number of amides is 1. The molecule has 1 amide bonds. The summed E-state index contributed by atoms with van der Waals surface area (Å²) >= 11 is 0. The first-order valence-corrected chi connectivity index (χ1v) is 28.4. The molecule has 0 aromatic heterocycles. The number of nitrogens with one attached hydrogen (secondary N) is 1. The van der Waals surface area contributed by atoms with Crippen molar-refractivity contribution in [2.75, 3.05) is 40.9 Å². The number of allylic oxidation sites excluding steroid dienone is 13. The summed E-state index contributed by atoms with van der Waals surface area (Å²) in [6.45, 7) is 6.69. The molecule has 0 bridgehead atoms. The third kappa shape index (κ3) is 48.0. The maximum Gasteiger partial charge on any atom is 0.306 e. The van der Waals surface area contributed by atoms with Gasteiger partial charge < -0.3 is 28.5 Å². The minimum Gasteiger partial charge on any atom is -0.756 e. The number of ether oxygens (including phenoxy) is 1. The SMILES string of the molecule is CCCCC/C=C\C/C=C\C/C=C\C/C=C\CCCC(=O)NC(COP(=O)([O-])OCC[N+](C)(C)C)C(/C=C\CCCCCCCCCCC)OC(=O)CC/C=C/C/C=C\CCCCCCCC. The Morgan fingerprint density at radius 3 is 1.42 bits per heavy atom. The molecule has 0 radical (unpaired) electrons. The van der Waals surface area contributed by atoms with E-state index >= 15 is 0 Å². The number of carbonyl (C=O) groups is 2. The first-order valence-electron chi connectivity index (χ1n) is 26.9. The Morgan fingerprint density at radius 1 is 0.522 bits per heavy atom. The van der Waals surface area contributed by atoms with Crippen molar-refractivity contribution in [3.63, 3.8) is 0 Å². The topological polar surface area (TPSA) is 114 Å². The lowest BCUT2D eigenvalue weighted by molar-refractivity contribution is -0.870. The van der Waals surface area contributed by atoms with E-state index in [1.165, 1.54) is 109 Å². The normalized spacial score (nSPS) is 14.6. The maximum atomic E-state index is 13.4. The summed E-state index contributed by atoms with van der Waals surface area (Å²) in [6.07, 6.45) is 60.0. The van der Waals surface area contributed by atoms with Crippen LogP contribution in [-0.4, -0.2) is 69.4 Å². The molecule has 10 heteroatoms. The van der Waals surface area contributed by atoms with Crippen LogP contribution in [0.25, 0.3) is 0 Å². The first kappa shape index (κ1) is 64.2. The second kappa shape index (κ2) is 46.9. The molecule has 1 N–H and O–H groups in total. The molecule has 0 rings (SSSR count). The lowest BCUT2D eigenvalue weighted by Crippen LogP contribution is -2.47. The number of likely N-dealkylation sites (N-methyl/N-ethyl adjacent to an activating group) is 1. The summed E-state index contributed by atoms with van der Waals surface area (Å²) in [6, 6.07) is -0.941. The summed E-state index contributed by atoms with van der Waals surface area (Å²) in [5.74, 6) is -0.692. The molecular weight excluding hydrogens is 856 g/mol. The Bertz CT molecular complexity index is 1430. The van der Waals surface area contributed by atoms with Crippen LogP contribution < -0.4 is 10.2 Å². The highest BCUT2D eigenvalue weighted by molar-refractivity contribution is 7.45. The lowest BCUT2D eigenvalue weighted by atomic mass is 10.1. The fraction of sp³-hybridized carbons (Fsp3) is 0.719. The molecule has 3 atom stereocenters. The molecule has 0 spiro atoms. The van der Waals surface area contributed by atoms with Gasteiger partial charge in [-0.25, -0.2) is 0 Å². The Hall–Kier alpha value is -2.81. The Balaban J connectivity index is 5.55. The number of phosphoric ester groups is 1. The van der Waals surface area contributed by atoms with Crippen molar-refractivity contribution in [2.24, 2.45) is 0 Å². The molecule has 0 aliphatic carbocycles. The van der Waals surface area contributed by atoms with Gasteiger partial charge in [0.15, 0.2) is 0 Å². The third-order valence-electron chi connectivity index (χ3n) is 11.3. The van der Waals surface area contributed by atoms with Crippen LogP contribution in [0.3, 0.4) is 0 Å². The summed E-state index contributed by atoms with van der Waals surface area (Å²) in [5, 5.41) is 2.96. The van der Waals surface area contributed by atoms with Crippen molar-refractivity contribution in [2.45, 2.75) is 226 Å². The monoisotopic (exact) mass is 957 g/mol. The predicted octanol–water partition coefficient (Wildman–Crippen LogP) is 15.2. The van der Waals surface area contributed by atoms with E-state index in [1.54, 1.807) is 6.08 Å². The van der Waals surface area contributed by atoms with Gasteiger partial charge in [0.25, 0.3) is 7.82 Å². The molecule has 386 valence electrons. The van der Waals surface area contributed by atoms with E-state index in [0.29, 0.717) is 23.9 Å². The molecular formula is C57H101N2O7P. The number of hydrogen-bond acceptors (Lipinski definition) is 7. The Kier molecular flexibility index (Phi) is 44.9. The van der Waals surface area contributed by atoms with E-state index in [4.69, 9.17) is 13.8 Å². The number of rotatable bonds is 47. The van der Waals surface area contributed by atoms with Crippen LogP contribution in [0.4, 0.5) is 0 Å². The molecule has 3 unspecified atom stereocenters. The minimum atomic E-state index is -4.72. The standard InChI is InChI=1S/C57H101N2O7P/c1-7-10-13-16-19-22-25-27-28-29-30-32-34-37-40-43-46-49-56(60)58-54(53-65-67(62,63)64-52-51-59(4,5)6)55(48-45-42-39-36-33-24-21-18-15-12-9-3)66-57(61)50-47-44-41-38-35-31-26-23-20-17-14-11-8-2/h19,22,27-28,30-32,35,37,40-41,44-45,48,54-55H,7-18,20-21,23-26,29,33-34,36,38-39,42-43,46-47,49-53H2,1-6H3,(H-,58,60,62,63)/b22-19-,28-27-,32-30-,35-31-,40-37-,44-41+,48-45-. The van der Waals surface area contributed by atoms with Crippen molar-refractivity contribution >= 4 is 19.7 Å². The highest BCUT2D eigenvalue weighted by Crippen LogP contribution is 2.38. The highest BCUT2D eigenvalue weighted by Gasteiger charge is 2.27. The highest BCUT2D eigenvalue weighted by atomic mass is 31.2. The van der Waals surface area contributed by atoms with Crippen molar-refractivity contribution in [3.05, 3.63) is 85.1 Å². The second-order valence-electron chi connectivity index (χ2n) is 19.0. The largest absolute Gasteiger partial charge is 0.756 e. The zero-order chi connectivity index (χ0) is 49.4. The first-order chi connectivity index (χ1) is 32.4. The number of phosphoric acid groups is 1. The van der Waals surface area contributed by atoms with Gasteiger partial charge in [0.2, 0.25) is 5.91 Å². The molecule has 67 heavy (non-hydrogen) atoms. The quantitative estimate of drug-likeness (QED) is 0.0212. The zero-order valence-corrected chi connectivity index (χ0v) is 44.7. The molecule has 0 aromatic rings. The van der Waals surface area contributed by atoms with Crippen molar-refractivity contribution < 1.29 is 37.3 Å². The molecule has 0 heterocycles. The Labute approximate surface area is 412 Å². The van der Waals surface area contributed by atoms with Gasteiger partial charge in [0, 0.05) is 12.8 Å². The van der Waals surface area contributed by atoms with Gasteiger partial charge in [-0.1, -0.05) is 196 Å². The van der Waals surface area contributed by atoms with Gasteiger partial charge in [-0.2, -0.15) is 0 Å². The molecule has 9 nitrogen and oxygen atoms in total. The number of nitrogens with zero attached hydrogens (tertiary/aromatic N) is 1. The number of esters is 1. The van der Waals surface area contributed by atoms with Gasteiger partial charge in [0.05, 0.1) is 33.8 Å². The van der Waals surface area contributed by atoms with Crippen LogP contribution in [-0.2, 0) is 27.9 Å². The maximum absolute atomic E-state index is 13.4. The van der Waals surface area contributed by atoms with E-state index in [1.807, 2.05) is 33.3 Å². The smallest absolute Gasteiger partial charge is 0.306 e. The van der Waals surface area contributed by atoms with Crippen LogP contribution in [0.1, 0.15) is 213 Å². The fourth-order valence-electron chi connectivity index (χ4n) is 7.09. The van der Waals surface area contributed by atoms with Crippen molar-refractivity contribution in [1.29, 1.82) is 0 Å². The number of quaternary nitrogens is 1. The van der Waals surface area contributed by atoms with Crippen LogP contribution in [0.5, 0.6) is 0 Å². The predicted molar refractivity (Wildman–Crippen MR) is 284 cm³/mol. The summed E-state index contributed by atoms with van der Waals surface area (Å²) in [5.41, 5.74) is 0. The third-order valence-corrected chi connectivity index (χ3v) is 12.3. The van der Waals surface area contributed by atoms with Gasteiger partial charge in [-0.3, -0.25) is 14.2 Å². The zero-order valence-electron chi connectivity index (χ0n) is 43.8. The average molecular weight is 957 g/mol. The molecule has 0 fully saturated rings. The molecule has 0 aliphatic rings. The summed E-state index contributed by atoms with van der Waals surface area (Å²) < 4.78 is 30.0. The lowest BCUT2D eigenvalue weighted by Gasteiger charge is -2.30. The van der Waals surface area contributed by atoms with Crippen LogP contribution in [0.2, 0.25) is 0 Å². The van der Waals surface area contributed by atoms with E-state index in [0.717, 1.165) is 57.8 Å². The average Bonchev–Trinajstić information content (AvgIpc) is 3.28. The fourth-order valence-corrected chi connectivity index (χ4v) is 7.82. The molecule has 0 saturated carbocycles. The van der Waals surface area contributed by atoms with Crippen LogP contribution in [0, 0.1) is 0 Å². The second-order valence-corrected chi connectivity index (χ2v) is 20.4.